The molecule has 2 unspecified atom stereocenters. The van der Waals surface area contributed by atoms with E-state index in [9.17, 15) is 13.2 Å². The van der Waals surface area contributed by atoms with Crippen molar-refractivity contribution in [3.05, 3.63) is 27.7 Å². The Kier molecular flexibility index (Phi) is 4.46. The van der Waals surface area contributed by atoms with Crippen molar-refractivity contribution in [2.75, 3.05) is 13.6 Å². The fourth-order valence-electron chi connectivity index (χ4n) is 2.29. The van der Waals surface area contributed by atoms with Crippen molar-refractivity contribution in [2.45, 2.75) is 25.2 Å². The van der Waals surface area contributed by atoms with Gasteiger partial charge < -0.3 is 5.11 Å². The first-order valence-electron chi connectivity index (χ1n) is 6.64. The molecular weight excluding hydrogens is 358 g/mol. The molecule has 7 heteroatoms. The Morgan fingerprint density at radius 1 is 1.48 bits per heavy atom. The van der Waals surface area contributed by atoms with Gasteiger partial charge in [-0.15, -0.1) is 0 Å². The molecule has 1 fully saturated rings. The third kappa shape index (κ3) is 3.30. The Hall–Kier alpha value is -0.920. The Morgan fingerprint density at radius 2 is 2.05 bits per heavy atom. The molecule has 1 saturated carbocycles. The van der Waals surface area contributed by atoms with E-state index in [1.807, 2.05) is 0 Å². The minimum absolute atomic E-state index is 0.0424. The fraction of sp³-hybridized carbons (Fsp3) is 0.500. The van der Waals surface area contributed by atoms with Crippen molar-refractivity contribution in [2.24, 2.45) is 11.8 Å². The van der Waals surface area contributed by atoms with Crippen LogP contribution in [0.1, 0.15) is 29.3 Å². The largest absolute Gasteiger partial charge is 0.478 e. The van der Waals surface area contributed by atoms with E-state index in [0.717, 1.165) is 6.42 Å². The van der Waals surface area contributed by atoms with Crippen LogP contribution >= 0.6 is 15.9 Å². The SMILES string of the molecule is Cc1c(Br)cc(C(=O)O)cc1S(=O)(=O)N(C)CC1CC1C. The molecule has 0 amide bonds. The standard InChI is InChI=1S/C14H18BrNO4S/c1-8-4-11(8)7-16(3)21(19,20)13-6-10(14(17)18)5-12(15)9(13)2/h5-6,8,11H,4,7H2,1-3H3,(H,17,18). The lowest BCUT2D eigenvalue weighted by atomic mass is 10.1. The predicted octanol–water partition coefficient (Wildman–Crippen LogP) is 2.73. The summed E-state index contributed by atoms with van der Waals surface area (Å²) in [5.41, 5.74) is 0.481. The van der Waals surface area contributed by atoms with E-state index >= 15 is 0 Å². The molecule has 1 aliphatic carbocycles. The normalized spacial score (nSPS) is 21.6. The van der Waals surface area contributed by atoms with E-state index in [-0.39, 0.29) is 10.5 Å². The fourth-order valence-corrected chi connectivity index (χ4v) is 4.38. The van der Waals surface area contributed by atoms with E-state index in [4.69, 9.17) is 5.11 Å². The molecule has 21 heavy (non-hydrogen) atoms. The zero-order chi connectivity index (χ0) is 15.9. The van der Waals surface area contributed by atoms with Crippen LogP contribution in [-0.2, 0) is 10.0 Å². The summed E-state index contributed by atoms with van der Waals surface area (Å²) in [6, 6.07) is 2.64. The Balaban J connectivity index is 2.41. The van der Waals surface area contributed by atoms with E-state index < -0.39 is 16.0 Å². The molecule has 0 radical (unpaired) electrons. The van der Waals surface area contributed by atoms with Crippen LogP contribution in [0, 0.1) is 18.8 Å². The van der Waals surface area contributed by atoms with Crippen LogP contribution < -0.4 is 0 Å². The molecule has 0 aromatic heterocycles. The number of carboxylic acid groups (broad SMARTS) is 1. The summed E-state index contributed by atoms with van der Waals surface area (Å²) in [6.07, 6.45) is 1.04. The molecule has 116 valence electrons. The quantitative estimate of drug-likeness (QED) is 0.858. The molecule has 0 heterocycles. The lowest BCUT2D eigenvalue weighted by molar-refractivity contribution is 0.0696. The molecule has 1 aromatic carbocycles. The van der Waals surface area contributed by atoms with Gasteiger partial charge in [-0.25, -0.2) is 17.5 Å². The van der Waals surface area contributed by atoms with Gasteiger partial charge in [0.2, 0.25) is 10.0 Å². The lowest BCUT2D eigenvalue weighted by Gasteiger charge is -2.19. The van der Waals surface area contributed by atoms with Crippen LogP contribution in [0.4, 0.5) is 0 Å². The van der Waals surface area contributed by atoms with Crippen LogP contribution in [0.2, 0.25) is 0 Å². The van der Waals surface area contributed by atoms with Crippen molar-refractivity contribution in [3.63, 3.8) is 0 Å². The first-order chi connectivity index (χ1) is 9.64. The minimum Gasteiger partial charge on any atom is -0.478 e. The summed E-state index contributed by atoms with van der Waals surface area (Å²) in [5, 5.41) is 9.09. The number of rotatable bonds is 5. The van der Waals surface area contributed by atoms with Crippen LogP contribution in [-0.4, -0.2) is 37.4 Å². The highest BCUT2D eigenvalue weighted by molar-refractivity contribution is 9.10. The zero-order valence-corrected chi connectivity index (χ0v) is 14.5. The first kappa shape index (κ1) is 16.5. The lowest BCUT2D eigenvalue weighted by Crippen LogP contribution is -2.30. The molecule has 1 aliphatic rings. The van der Waals surface area contributed by atoms with Gasteiger partial charge in [0, 0.05) is 18.1 Å². The van der Waals surface area contributed by atoms with Gasteiger partial charge in [-0.2, -0.15) is 0 Å². The average Bonchev–Trinajstić information content (AvgIpc) is 3.07. The van der Waals surface area contributed by atoms with Crippen LogP contribution in [0.3, 0.4) is 0 Å². The maximum atomic E-state index is 12.7. The van der Waals surface area contributed by atoms with Crippen molar-refractivity contribution in [1.29, 1.82) is 0 Å². The van der Waals surface area contributed by atoms with Gasteiger partial charge in [-0.05, 0) is 42.9 Å². The predicted molar refractivity (Wildman–Crippen MR) is 82.9 cm³/mol. The number of carbonyl (C=O) groups is 1. The molecular formula is C14H18BrNO4S. The summed E-state index contributed by atoms with van der Waals surface area (Å²) >= 11 is 3.23. The highest BCUT2D eigenvalue weighted by Crippen LogP contribution is 2.39. The van der Waals surface area contributed by atoms with Crippen molar-refractivity contribution in [3.8, 4) is 0 Å². The summed E-state index contributed by atoms with van der Waals surface area (Å²) in [4.78, 5) is 11.2. The number of aromatic carboxylic acids is 1. The maximum absolute atomic E-state index is 12.7. The van der Waals surface area contributed by atoms with Crippen molar-refractivity contribution >= 4 is 31.9 Å². The third-order valence-electron chi connectivity index (χ3n) is 4.00. The number of nitrogens with zero attached hydrogens (tertiary/aromatic N) is 1. The summed E-state index contributed by atoms with van der Waals surface area (Å²) in [5.74, 6) is -0.192. The van der Waals surface area contributed by atoms with E-state index in [1.54, 1.807) is 14.0 Å². The minimum atomic E-state index is -3.69. The van der Waals surface area contributed by atoms with Gasteiger partial charge >= 0.3 is 5.97 Å². The van der Waals surface area contributed by atoms with Gasteiger partial charge in [0.05, 0.1) is 10.5 Å². The van der Waals surface area contributed by atoms with Gasteiger partial charge in [-0.1, -0.05) is 22.9 Å². The highest BCUT2D eigenvalue weighted by atomic mass is 79.9. The number of carboxylic acids is 1. The van der Waals surface area contributed by atoms with Crippen molar-refractivity contribution in [1.82, 2.24) is 4.31 Å². The zero-order valence-electron chi connectivity index (χ0n) is 12.1. The van der Waals surface area contributed by atoms with E-state index in [0.29, 0.717) is 28.4 Å². The number of benzene rings is 1. The topological polar surface area (TPSA) is 74.7 Å². The second-order valence-corrected chi connectivity index (χ2v) is 8.51. The average molecular weight is 376 g/mol. The molecule has 2 atom stereocenters. The van der Waals surface area contributed by atoms with Crippen LogP contribution in [0.15, 0.2) is 21.5 Å². The molecule has 2 rings (SSSR count). The number of hydrogen-bond acceptors (Lipinski definition) is 3. The van der Waals surface area contributed by atoms with Crippen LogP contribution in [0.5, 0.6) is 0 Å². The van der Waals surface area contributed by atoms with Gasteiger partial charge in [0.1, 0.15) is 0 Å². The van der Waals surface area contributed by atoms with Crippen molar-refractivity contribution < 1.29 is 18.3 Å². The summed E-state index contributed by atoms with van der Waals surface area (Å²) in [7, 11) is -2.14. The second kappa shape index (κ2) is 5.70. The molecule has 0 spiro atoms. The molecule has 0 bridgehead atoms. The molecule has 1 aromatic rings. The molecule has 1 N–H and O–H groups in total. The monoisotopic (exact) mass is 375 g/mol. The summed E-state index contributed by atoms with van der Waals surface area (Å²) < 4.78 is 27.1. The smallest absolute Gasteiger partial charge is 0.335 e. The number of halogens is 1. The maximum Gasteiger partial charge on any atom is 0.335 e. The first-order valence-corrected chi connectivity index (χ1v) is 8.87. The Labute approximate surface area is 133 Å². The molecule has 5 nitrogen and oxygen atoms in total. The van der Waals surface area contributed by atoms with Gasteiger partial charge in [-0.3, -0.25) is 0 Å². The molecule has 0 saturated heterocycles. The molecule has 0 aliphatic heterocycles. The van der Waals surface area contributed by atoms with E-state index in [1.165, 1.54) is 16.4 Å². The number of hydrogen-bond donors (Lipinski definition) is 1. The van der Waals surface area contributed by atoms with E-state index in [2.05, 4.69) is 22.9 Å². The Morgan fingerprint density at radius 3 is 2.52 bits per heavy atom. The van der Waals surface area contributed by atoms with Gasteiger partial charge in [0.25, 0.3) is 0 Å². The summed E-state index contributed by atoms with van der Waals surface area (Å²) in [6.45, 7) is 4.23. The third-order valence-corrected chi connectivity index (χ3v) is 6.77. The number of sulfonamides is 1. The Bertz CT molecular complexity index is 686. The van der Waals surface area contributed by atoms with Gasteiger partial charge in [0.15, 0.2) is 0 Å². The highest BCUT2D eigenvalue weighted by Gasteiger charge is 2.36. The second-order valence-electron chi connectivity index (χ2n) is 5.64. The van der Waals surface area contributed by atoms with Crippen LogP contribution in [0.25, 0.3) is 0 Å².